The topological polar surface area (TPSA) is 52.3 Å². The van der Waals surface area contributed by atoms with Crippen LogP contribution in [0.15, 0.2) is 10.6 Å². The summed E-state index contributed by atoms with van der Waals surface area (Å²) in [5.74, 6) is -0.544. The Morgan fingerprint density at radius 3 is 2.20 bits per heavy atom. The van der Waals surface area contributed by atoms with E-state index < -0.39 is 5.97 Å². The highest BCUT2D eigenvalue weighted by Crippen LogP contribution is 2.39. The van der Waals surface area contributed by atoms with E-state index in [4.69, 9.17) is 27.7 Å². The molecule has 0 spiro atoms. The number of hydrogen-bond acceptors (Lipinski definition) is 4. The highest BCUT2D eigenvalue weighted by molar-refractivity contribution is 6.37. The summed E-state index contributed by atoms with van der Waals surface area (Å²) in [7, 11) is 1.28. The molecule has 0 saturated heterocycles. The van der Waals surface area contributed by atoms with Gasteiger partial charge in [-0.2, -0.15) is 0 Å². The molecule has 2 rings (SSSR count). The summed E-state index contributed by atoms with van der Waals surface area (Å²) >= 11 is 12.5. The number of ether oxygens (including phenoxy) is 1. The lowest BCUT2D eigenvalue weighted by Crippen LogP contribution is -1.98. The molecule has 0 aliphatic heterocycles. The minimum atomic E-state index is -0.580. The summed E-state index contributed by atoms with van der Waals surface area (Å²) in [6.07, 6.45) is 0. The quantitative estimate of drug-likeness (QED) is 0.773. The Balaban J connectivity index is 2.64. The molecule has 0 aliphatic carbocycles. The van der Waals surface area contributed by atoms with Crippen LogP contribution in [-0.4, -0.2) is 18.2 Å². The molecule has 0 amide bonds. The van der Waals surface area contributed by atoms with Crippen LogP contribution in [0.25, 0.3) is 11.3 Å². The minimum Gasteiger partial charge on any atom is -0.463 e. The van der Waals surface area contributed by atoms with Gasteiger partial charge in [-0.05, 0) is 37.5 Å². The smallest absolute Gasteiger partial charge is 0.376 e. The van der Waals surface area contributed by atoms with Crippen molar-refractivity contribution >= 4 is 29.2 Å². The van der Waals surface area contributed by atoms with E-state index in [1.165, 1.54) is 13.2 Å². The minimum absolute atomic E-state index is 0.0362. The van der Waals surface area contributed by atoms with Gasteiger partial charge >= 0.3 is 5.97 Å². The molecule has 0 radical (unpaired) electrons. The largest absolute Gasteiger partial charge is 0.463 e. The highest BCUT2D eigenvalue weighted by Gasteiger charge is 2.21. The van der Waals surface area contributed by atoms with Crippen LogP contribution < -0.4 is 0 Å². The third-order valence-electron chi connectivity index (χ3n) is 3.22. The Labute approximate surface area is 126 Å². The average molecular weight is 314 g/mol. The third kappa shape index (κ3) is 2.30. The fourth-order valence-electron chi connectivity index (χ4n) is 2.13. The summed E-state index contributed by atoms with van der Waals surface area (Å²) < 4.78 is 9.57. The van der Waals surface area contributed by atoms with Crippen LogP contribution in [0.4, 0.5) is 0 Å². The SMILES string of the molecule is COC(=O)c1cc(-c2c(C)c(Cl)c(C)c(Cl)c2C)no1. The summed E-state index contributed by atoms with van der Waals surface area (Å²) in [4.78, 5) is 11.4. The molecule has 20 heavy (non-hydrogen) atoms. The van der Waals surface area contributed by atoms with Crippen LogP contribution >= 0.6 is 23.2 Å². The van der Waals surface area contributed by atoms with Crippen molar-refractivity contribution in [1.29, 1.82) is 0 Å². The van der Waals surface area contributed by atoms with Gasteiger partial charge in [0, 0.05) is 21.7 Å². The Bertz CT molecular complexity index is 663. The Hall–Kier alpha value is -1.52. The average Bonchev–Trinajstić information content (AvgIpc) is 2.92. The zero-order valence-corrected chi connectivity index (χ0v) is 13.0. The standard InChI is InChI=1S/C14H13Cl2NO3/c1-6-11(7(2)13(16)8(3)12(6)15)9-5-10(20-17-9)14(18)19-4/h5H,1-4H3. The maximum absolute atomic E-state index is 11.4. The molecule has 0 N–H and O–H groups in total. The molecule has 4 nitrogen and oxygen atoms in total. The summed E-state index contributed by atoms with van der Waals surface area (Å²) in [6.45, 7) is 5.61. The van der Waals surface area contributed by atoms with Crippen molar-refractivity contribution in [3.05, 3.63) is 38.6 Å². The van der Waals surface area contributed by atoms with Crippen molar-refractivity contribution in [2.45, 2.75) is 20.8 Å². The molecule has 0 aliphatic rings. The van der Waals surface area contributed by atoms with Gasteiger partial charge in [0.25, 0.3) is 0 Å². The monoisotopic (exact) mass is 313 g/mol. The van der Waals surface area contributed by atoms with Crippen molar-refractivity contribution < 1.29 is 14.1 Å². The van der Waals surface area contributed by atoms with Gasteiger partial charge in [0.2, 0.25) is 5.76 Å². The maximum atomic E-state index is 11.4. The van der Waals surface area contributed by atoms with E-state index in [0.717, 1.165) is 22.3 Å². The van der Waals surface area contributed by atoms with Gasteiger partial charge in [0.05, 0.1) is 7.11 Å². The first-order valence-electron chi connectivity index (χ1n) is 5.88. The molecule has 106 valence electrons. The van der Waals surface area contributed by atoms with Crippen LogP contribution in [-0.2, 0) is 4.74 Å². The Morgan fingerprint density at radius 2 is 1.70 bits per heavy atom. The Morgan fingerprint density at radius 1 is 1.15 bits per heavy atom. The first-order valence-corrected chi connectivity index (χ1v) is 6.64. The summed E-state index contributed by atoms with van der Waals surface area (Å²) in [5.41, 5.74) is 3.78. The van der Waals surface area contributed by atoms with Crippen LogP contribution in [0.3, 0.4) is 0 Å². The van der Waals surface area contributed by atoms with Crippen LogP contribution in [0.5, 0.6) is 0 Å². The van der Waals surface area contributed by atoms with Gasteiger partial charge in [-0.25, -0.2) is 4.79 Å². The lowest BCUT2D eigenvalue weighted by Gasteiger charge is -2.14. The predicted octanol–water partition coefficient (Wildman–Crippen LogP) is 4.36. The normalized spacial score (nSPS) is 10.7. The van der Waals surface area contributed by atoms with Crippen molar-refractivity contribution in [2.75, 3.05) is 7.11 Å². The van der Waals surface area contributed by atoms with Crippen molar-refractivity contribution in [1.82, 2.24) is 5.16 Å². The Kier molecular flexibility index (Phi) is 4.06. The second-order valence-electron chi connectivity index (χ2n) is 4.45. The number of esters is 1. The van der Waals surface area contributed by atoms with Gasteiger partial charge in [0.15, 0.2) is 0 Å². The molecule has 0 bridgehead atoms. The number of halogens is 2. The van der Waals surface area contributed by atoms with E-state index in [9.17, 15) is 4.79 Å². The van der Waals surface area contributed by atoms with Crippen LogP contribution in [0.1, 0.15) is 27.2 Å². The zero-order chi connectivity index (χ0) is 15.0. The van der Waals surface area contributed by atoms with E-state index in [0.29, 0.717) is 15.7 Å². The number of rotatable bonds is 2. The van der Waals surface area contributed by atoms with Crippen LogP contribution in [0, 0.1) is 20.8 Å². The van der Waals surface area contributed by atoms with E-state index in [-0.39, 0.29) is 5.76 Å². The number of methoxy groups -OCH3 is 1. The molecular formula is C14H13Cl2NO3. The molecule has 6 heteroatoms. The van der Waals surface area contributed by atoms with Gasteiger partial charge in [-0.15, -0.1) is 0 Å². The number of benzene rings is 1. The number of hydrogen-bond donors (Lipinski definition) is 0. The van der Waals surface area contributed by atoms with E-state index in [1.807, 2.05) is 20.8 Å². The predicted molar refractivity (Wildman–Crippen MR) is 77.5 cm³/mol. The molecule has 0 saturated carbocycles. The fraction of sp³-hybridized carbons (Fsp3) is 0.286. The molecule has 1 heterocycles. The van der Waals surface area contributed by atoms with E-state index >= 15 is 0 Å². The van der Waals surface area contributed by atoms with E-state index in [2.05, 4.69) is 9.89 Å². The number of aromatic nitrogens is 1. The molecule has 1 aromatic heterocycles. The van der Waals surface area contributed by atoms with Gasteiger partial charge in [0.1, 0.15) is 5.69 Å². The lowest BCUT2D eigenvalue weighted by atomic mass is 9.97. The van der Waals surface area contributed by atoms with Gasteiger partial charge in [-0.3, -0.25) is 0 Å². The first kappa shape index (κ1) is 14.9. The first-order chi connectivity index (χ1) is 9.38. The molecule has 0 atom stereocenters. The van der Waals surface area contributed by atoms with Crippen LogP contribution in [0.2, 0.25) is 10.0 Å². The zero-order valence-electron chi connectivity index (χ0n) is 11.5. The summed E-state index contributed by atoms with van der Waals surface area (Å²) in [6, 6.07) is 1.52. The third-order valence-corrected chi connectivity index (χ3v) is 4.35. The number of nitrogens with zero attached hydrogens (tertiary/aromatic N) is 1. The van der Waals surface area contributed by atoms with Gasteiger partial charge in [-0.1, -0.05) is 28.4 Å². The molecule has 0 unspecified atom stereocenters. The van der Waals surface area contributed by atoms with Crippen molar-refractivity contribution in [2.24, 2.45) is 0 Å². The maximum Gasteiger partial charge on any atom is 0.376 e. The van der Waals surface area contributed by atoms with Crippen molar-refractivity contribution in [3.8, 4) is 11.3 Å². The highest BCUT2D eigenvalue weighted by atomic mass is 35.5. The lowest BCUT2D eigenvalue weighted by molar-refractivity contribution is 0.0554. The molecule has 1 aromatic carbocycles. The second-order valence-corrected chi connectivity index (χ2v) is 5.20. The van der Waals surface area contributed by atoms with Gasteiger partial charge < -0.3 is 9.26 Å². The summed E-state index contributed by atoms with van der Waals surface area (Å²) in [5, 5.41) is 5.06. The fourth-order valence-corrected chi connectivity index (χ4v) is 2.56. The number of carbonyl (C=O) groups excluding carboxylic acids is 1. The second kappa shape index (κ2) is 5.46. The van der Waals surface area contributed by atoms with E-state index in [1.54, 1.807) is 0 Å². The van der Waals surface area contributed by atoms with Crippen molar-refractivity contribution in [3.63, 3.8) is 0 Å². The molecule has 0 fully saturated rings. The molecule has 2 aromatic rings. The number of carbonyl (C=O) groups is 1. The molecular weight excluding hydrogens is 301 g/mol.